The molecule has 1 unspecified atom stereocenters. The van der Waals surface area contributed by atoms with Gasteiger partial charge < -0.3 is 52.1 Å². The third kappa shape index (κ3) is 12.0. The summed E-state index contributed by atoms with van der Waals surface area (Å²) in [5.41, 5.74) is 0.441. The van der Waals surface area contributed by atoms with E-state index in [1.165, 1.54) is 72.8 Å². The molecule has 0 N–H and O–H groups in total. The lowest BCUT2D eigenvalue weighted by Gasteiger charge is -2.17. The van der Waals surface area contributed by atoms with Gasteiger partial charge in [0, 0.05) is 12.2 Å². The molecule has 2 aliphatic rings. The molecule has 2 saturated heterocycles. The van der Waals surface area contributed by atoms with Crippen LogP contribution in [0.25, 0.3) is 0 Å². The van der Waals surface area contributed by atoms with Gasteiger partial charge in [0.05, 0.1) is 29.9 Å². The molecule has 0 radical (unpaired) electrons. The van der Waals surface area contributed by atoms with E-state index in [1.807, 2.05) is 0 Å². The van der Waals surface area contributed by atoms with Crippen molar-refractivity contribution in [1.82, 2.24) is 0 Å². The third-order valence-electron chi connectivity index (χ3n) is 7.79. The highest BCUT2D eigenvalue weighted by Gasteiger charge is 2.51. The summed E-state index contributed by atoms with van der Waals surface area (Å²) in [6.45, 7) is 5.65. The summed E-state index contributed by atoms with van der Waals surface area (Å²) < 4.78 is 57.1. The molecule has 3 aromatic rings. The number of esters is 5. The second kappa shape index (κ2) is 20.0. The highest BCUT2D eigenvalue weighted by atomic mass is 16.7. The van der Waals surface area contributed by atoms with Crippen LogP contribution in [0.3, 0.4) is 0 Å². The van der Waals surface area contributed by atoms with E-state index >= 15 is 0 Å². The second-order valence-electron chi connectivity index (χ2n) is 11.6. The van der Waals surface area contributed by atoms with Crippen molar-refractivity contribution < 1.29 is 85.7 Å². The summed E-state index contributed by atoms with van der Waals surface area (Å²) in [4.78, 5) is 84.0. The zero-order valence-electron chi connectivity index (χ0n) is 29.9. The van der Waals surface area contributed by atoms with Gasteiger partial charge >= 0.3 is 42.2 Å². The molecule has 18 heteroatoms. The molecule has 3 aromatic carbocycles. The van der Waals surface area contributed by atoms with E-state index in [4.69, 9.17) is 42.6 Å². The van der Waals surface area contributed by atoms with Crippen LogP contribution in [0.2, 0.25) is 0 Å². The number of hydrogen-bond donors (Lipinski definition) is 0. The maximum absolute atomic E-state index is 13.0. The highest BCUT2D eigenvalue weighted by Crippen LogP contribution is 2.32. The first-order valence-electron chi connectivity index (χ1n) is 17.0. The molecule has 2 aliphatic heterocycles. The monoisotopic (exact) mass is 790 g/mol. The molecular weight excluding hydrogens is 756 g/mol. The summed E-state index contributed by atoms with van der Waals surface area (Å²) in [5.74, 6) is -3.13. The Balaban J connectivity index is 1.02. The van der Waals surface area contributed by atoms with Gasteiger partial charge in [-0.15, -0.1) is 0 Å². The summed E-state index contributed by atoms with van der Waals surface area (Å²) in [7, 11) is 0. The number of ether oxygens (including phenoxy) is 11. The standard InChI is InChI=1S/C39H34O18/c1-3-31(40)47-17-19-49-38(45)54-27-13-7-23(8-14-27)35(42)53-26-11-5-24(6-12-26)36(43)56-29-21-51-34-30(22-52-33(29)34)57-37(44)25-9-15-28(16-10-25)55-39(46)50-20-18-48-32(41)4-2/h3-16,29-30,33-34H,1-2,17-22H2/t29?,30-,33+,34+/m0/s1. The molecular formula is C39H34O18. The van der Waals surface area contributed by atoms with Crippen molar-refractivity contribution in [3.63, 3.8) is 0 Å². The Kier molecular flexibility index (Phi) is 14.5. The normalized spacial score (nSPS) is 17.8. The molecule has 2 heterocycles. The van der Waals surface area contributed by atoms with E-state index in [0.717, 1.165) is 12.2 Å². The van der Waals surface area contributed by atoms with Crippen LogP contribution in [-0.4, -0.2) is 106 Å². The number of fused-ring (bicyclic) bond motifs is 1. The predicted molar refractivity (Wildman–Crippen MR) is 188 cm³/mol. The predicted octanol–water partition coefficient (Wildman–Crippen LogP) is 3.94. The minimum atomic E-state index is -1.04. The fraction of sp³-hybridized carbons (Fsp3) is 0.256. The maximum atomic E-state index is 13.0. The molecule has 4 atom stereocenters. The Morgan fingerprint density at radius 2 is 0.825 bits per heavy atom. The fourth-order valence-corrected chi connectivity index (χ4v) is 5.09. The Bertz CT molecular complexity index is 1950. The van der Waals surface area contributed by atoms with Gasteiger partial charge in [-0.25, -0.2) is 33.6 Å². The van der Waals surface area contributed by atoms with Gasteiger partial charge in [-0.2, -0.15) is 0 Å². The maximum Gasteiger partial charge on any atom is 0.513 e. The Morgan fingerprint density at radius 3 is 1.19 bits per heavy atom. The van der Waals surface area contributed by atoms with Crippen molar-refractivity contribution in [3.05, 3.63) is 115 Å². The van der Waals surface area contributed by atoms with Crippen molar-refractivity contribution in [2.75, 3.05) is 39.6 Å². The van der Waals surface area contributed by atoms with Crippen LogP contribution in [0, 0.1) is 0 Å². The number of carbonyl (C=O) groups excluding carboxylic acids is 7. The second-order valence-corrected chi connectivity index (χ2v) is 11.6. The first-order chi connectivity index (χ1) is 27.5. The van der Waals surface area contributed by atoms with E-state index < -0.39 is 66.6 Å². The van der Waals surface area contributed by atoms with Gasteiger partial charge in [0.1, 0.15) is 55.9 Å². The summed E-state index contributed by atoms with van der Waals surface area (Å²) in [5, 5.41) is 0. The van der Waals surface area contributed by atoms with Gasteiger partial charge in [-0.1, -0.05) is 13.2 Å². The van der Waals surface area contributed by atoms with Crippen LogP contribution in [0.5, 0.6) is 17.2 Å². The molecule has 0 aliphatic carbocycles. The molecule has 0 spiro atoms. The molecule has 0 saturated carbocycles. The summed E-state index contributed by atoms with van der Waals surface area (Å²) in [6.07, 6.45) is -3.14. The van der Waals surface area contributed by atoms with Crippen molar-refractivity contribution in [2.24, 2.45) is 0 Å². The van der Waals surface area contributed by atoms with E-state index in [0.29, 0.717) is 0 Å². The Labute approximate surface area is 323 Å². The van der Waals surface area contributed by atoms with Crippen LogP contribution in [0.1, 0.15) is 31.1 Å². The molecule has 298 valence electrons. The van der Waals surface area contributed by atoms with Gasteiger partial charge in [0.2, 0.25) is 0 Å². The average Bonchev–Trinajstić information content (AvgIpc) is 3.81. The summed E-state index contributed by atoms with van der Waals surface area (Å²) in [6, 6.07) is 16.5. The zero-order valence-corrected chi connectivity index (χ0v) is 29.9. The van der Waals surface area contributed by atoms with Crippen LogP contribution in [0.15, 0.2) is 98.1 Å². The van der Waals surface area contributed by atoms with E-state index in [2.05, 4.69) is 22.6 Å². The quantitative estimate of drug-likeness (QED) is 0.0501. The smallest absolute Gasteiger partial charge is 0.459 e. The van der Waals surface area contributed by atoms with Gasteiger partial charge in [0.25, 0.3) is 0 Å². The number of carbonyl (C=O) groups is 7. The SMILES string of the molecule is C=CC(=O)OCCOC(=O)Oc1ccc(C(=O)Oc2ccc(C(=O)OC3CO[C@@H]4[C@@H](OC(=O)c5ccc(OC(=O)OCCOC(=O)C=C)cc5)CO[C@H]34)cc2)cc1. The number of benzene rings is 3. The lowest BCUT2D eigenvalue weighted by atomic mass is 10.1. The first-order valence-corrected chi connectivity index (χ1v) is 17.0. The largest absolute Gasteiger partial charge is 0.513 e. The molecule has 2 fully saturated rings. The van der Waals surface area contributed by atoms with Gasteiger partial charge in [0.15, 0.2) is 12.2 Å². The summed E-state index contributed by atoms with van der Waals surface area (Å²) >= 11 is 0. The van der Waals surface area contributed by atoms with Crippen molar-refractivity contribution in [2.45, 2.75) is 24.4 Å². The Morgan fingerprint density at radius 1 is 0.491 bits per heavy atom. The van der Waals surface area contributed by atoms with Crippen LogP contribution in [0.4, 0.5) is 9.59 Å². The molecule has 18 nitrogen and oxygen atoms in total. The minimum Gasteiger partial charge on any atom is -0.459 e. The third-order valence-corrected chi connectivity index (χ3v) is 7.79. The van der Waals surface area contributed by atoms with E-state index in [9.17, 15) is 33.6 Å². The highest BCUT2D eigenvalue weighted by molar-refractivity contribution is 5.92. The molecule has 0 amide bonds. The minimum absolute atomic E-state index is 0.0107. The van der Waals surface area contributed by atoms with Gasteiger partial charge in [-0.05, 0) is 72.8 Å². The topological polar surface area (TPSA) is 221 Å². The zero-order chi connectivity index (χ0) is 40.7. The van der Waals surface area contributed by atoms with Crippen LogP contribution < -0.4 is 14.2 Å². The number of rotatable bonds is 16. The lowest BCUT2D eigenvalue weighted by Crippen LogP contribution is -2.36. The van der Waals surface area contributed by atoms with Crippen molar-refractivity contribution in [1.29, 1.82) is 0 Å². The molecule has 0 aromatic heterocycles. The molecule has 0 bridgehead atoms. The van der Waals surface area contributed by atoms with Crippen LogP contribution in [-0.2, 0) is 47.5 Å². The van der Waals surface area contributed by atoms with Gasteiger partial charge in [-0.3, -0.25) is 0 Å². The average molecular weight is 791 g/mol. The van der Waals surface area contributed by atoms with E-state index in [-0.39, 0.29) is 73.6 Å². The molecule has 57 heavy (non-hydrogen) atoms. The first kappa shape index (κ1) is 41.1. The lowest BCUT2D eigenvalue weighted by molar-refractivity contribution is -0.139. The van der Waals surface area contributed by atoms with E-state index in [1.54, 1.807) is 0 Å². The van der Waals surface area contributed by atoms with Crippen molar-refractivity contribution in [3.8, 4) is 17.2 Å². The number of hydrogen-bond acceptors (Lipinski definition) is 18. The van der Waals surface area contributed by atoms with Crippen LogP contribution >= 0.6 is 0 Å². The molecule has 5 rings (SSSR count). The van der Waals surface area contributed by atoms with Crippen molar-refractivity contribution >= 4 is 42.2 Å². The fourth-order valence-electron chi connectivity index (χ4n) is 5.09. The Hall–Kier alpha value is -7.05.